The quantitative estimate of drug-likeness (QED) is 0.425. The summed E-state index contributed by atoms with van der Waals surface area (Å²) in [7, 11) is 0. The van der Waals surface area contributed by atoms with Gasteiger partial charge in [0, 0.05) is 6.42 Å². The summed E-state index contributed by atoms with van der Waals surface area (Å²) in [6, 6.07) is 0. The molecule has 0 aromatic carbocycles. The maximum atomic E-state index is 3.00. The molecule has 0 aliphatic carbocycles. The van der Waals surface area contributed by atoms with Gasteiger partial charge in [-0.05, 0) is 18.9 Å². The molecule has 0 fully saturated rings. The predicted molar refractivity (Wildman–Crippen MR) is 51.3 cm³/mol. The Bertz CT molecular complexity index is 143. The van der Waals surface area contributed by atoms with Crippen LogP contribution in [0.4, 0.5) is 0 Å². The van der Waals surface area contributed by atoms with Crippen molar-refractivity contribution in [1.29, 1.82) is 0 Å². The monoisotopic (exact) mass is 150 g/mol. The van der Waals surface area contributed by atoms with Crippen LogP contribution in [0, 0.1) is 11.8 Å². The van der Waals surface area contributed by atoms with Gasteiger partial charge in [0.05, 0.1) is 0 Å². The molecule has 0 heteroatoms. The van der Waals surface area contributed by atoms with Gasteiger partial charge in [-0.25, -0.2) is 0 Å². The topological polar surface area (TPSA) is 0 Å². The second-order valence-electron chi connectivity index (χ2n) is 2.57. The van der Waals surface area contributed by atoms with Gasteiger partial charge in [0.2, 0.25) is 0 Å². The lowest BCUT2D eigenvalue weighted by Gasteiger charge is -1.88. The van der Waals surface area contributed by atoms with E-state index in [0.29, 0.717) is 0 Å². The molecule has 0 amide bonds. The smallest absolute Gasteiger partial charge is 0.00637 e. The highest BCUT2D eigenvalue weighted by molar-refractivity contribution is 5.14. The molecule has 11 heavy (non-hydrogen) atoms. The van der Waals surface area contributed by atoms with Gasteiger partial charge in [-0.3, -0.25) is 0 Å². The fraction of sp³-hybridized carbons (Fsp3) is 0.636. The van der Waals surface area contributed by atoms with Gasteiger partial charge in [-0.1, -0.05) is 44.6 Å². The van der Waals surface area contributed by atoms with Gasteiger partial charge in [0.15, 0.2) is 0 Å². The van der Waals surface area contributed by atoms with E-state index in [-0.39, 0.29) is 0 Å². The molecule has 0 aromatic rings. The van der Waals surface area contributed by atoms with Gasteiger partial charge in [0.1, 0.15) is 0 Å². The zero-order valence-corrected chi connectivity index (χ0v) is 7.69. The molecule has 0 heterocycles. The summed E-state index contributed by atoms with van der Waals surface area (Å²) in [6.45, 7) is 4.29. The van der Waals surface area contributed by atoms with Crippen LogP contribution >= 0.6 is 0 Å². The highest BCUT2D eigenvalue weighted by atomic mass is 13.8. The van der Waals surface area contributed by atoms with E-state index in [9.17, 15) is 0 Å². The van der Waals surface area contributed by atoms with Crippen molar-refractivity contribution >= 4 is 0 Å². The van der Waals surface area contributed by atoms with Crippen molar-refractivity contribution in [2.24, 2.45) is 0 Å². The van der Waals surface area contributed by atoms with Crippen LogP contribution in [-0.2, 0) is 0 Å². The Hall–Kier alpha value is -0.700. The molecule has 0 aliphatic heterocycles. The normalized spacial score (nSPS) is 9.64. The lowest BCUT2D eigenvalue weighted by molar-refractivity contribution is 0.729. The van der Waals surface area contributed by atoms with Crippen LogP contribution in [0.5, 0.6) is 0 Å². The molecule has 0 nitrogen and oxygen atoms in total. The average Bonchev–Trinajstić information content (AvgIpc) is 2.03. The Morgan fingerprint density at radius 3 is 2.64 bits per heavy atom. The van der Waals surface area contributed by atoms with Crippen LogP contribution in [-0.4, -0.2) is 0 Å². The van der Waals surface area contributed by atoms with Gasteiger partial charge >= 0.3 is 0 Å². The standard InChI is InChI=1S/C11H18/c1-3-5-7-9-11-10-8-6-4-2/h10-11H,3-5,7,9H2,1-2H3. The van der Waals surface area contributed by atoms with E-state index in [1.165, 1.54) is 25.7 Å². The van der Waals surface area contributed by atoms with Crippen molar-refractivity contribution in [2.75, 3.05) is 0 Å². The van der Waals surface area contributed by atoms with Crippen molar-refractivity contribution in [1.82, 2.24) is 0 Å². The summed E-state index contributed by atoms with van der Waals surface area (Å²) < 4.78 is 0. The number of allylic oxidation sites excluding steroid dienone is 2. The number of hydrogen-bond acceptors (Lipinski definition) is 0. The van der Waals surface area contributed by atoms with E-state index in [1.807, 2.05) is 6.08 Å². The van der Waals surface area contributed by atoms with Crippen molar-refractivity contribution in [3.63, 3.8) is 0 Å². The molecular formula is C11H18. The molecule has 0 aliphatic rings. The molecule has 0 saturated carbocycles. The molecule has 0 rings (SSSR count). The van der Waals surface area contributed by atoms with Crippen molar-refractivity contribution in [2.45, 2.75) is 46.0 Å². The molecule has 0 aromatic heterocycles. The van der Waals surface area contributed by atoms with E-state index in [1.54, 1.807) is 0 Å². The van der Waals surface area contributed by atoms with Crippen LogP contribution in [0.2, 0.25) is 0 Å². The molecule has 0 radical (unpaired) electrons. The minimum absolute atomic E-state index is 0.958. The zero-order valence-electron chi connectivity index (χ0n) is 7.69. The third-order valence-electron chi connectivity index (χ3n) is 1.45. The van der Waals surface area contributed by atoms with E-state index >= 15 is 0 Å². The Kier molecular flexibility index (Phi) is 8.71. The molecule has 0 saturated heterocycles. The van der Waals surface area contributed by atoms with Crippen LogP contribution in [0.3, 0.4) is 0 Å². The number of rotatable bonds is 4. The maximum Gasteiger partial charge on any atom is 0.00637 e. The first-order valence-corrected chi connectivity index (χ1v) is 4.55. The summed E-state index contributed by atoms with van der Waals surface area (Å²) in [5.41, 5.74) is 0. The van der Waals surface area contributed by atoms with Gasteiger partial charge in [-0.15, -0.1) is 0 Å². The van der Waals surface area contributed by atoms with E-state index in [2.05, 4.69) is 31.8 Å². The zero-order chi connectivity index (χ0) is 8.36. The second-order valence-corrected chi connectivity index (χ2v) is 2.57. The van der Waals surface area contributed by atoms with E-state index in [4.69, 9.17) is 0 Å². The Morgan fingerprint density at radius 2 is 2.00 bits per heavy atom. The summed E-state index contributed by atoms with van der Waals surface area (Å²) >= 11 is 0. The SMILES string of the molecule is CCC#CC=CCCCCC. The molecule has 62 valence electrons. The maximum absolute atomic E-state index is 3.00. The molecule has 0 atom stereocenters. The summed E-state index contributed by atoms with van der Waals surface area (Å²) in [5.74, 6) is 5.98. The Balaban J connectivity index is 3.16. The van der Waals surface area contributed by atoms with E-state index < -0.39 is 0 Å². The van der Waals surface area contributed by atoms with Gasteiger partial charge in [-0.2, -0.15) is 0 Å². The van der Waals surface area contributed by atoms with E-state index in [0.717, 1.165) is 6.42 Å². The molecule has 0 N–H and O–H groups in total. The first-order chi connectivity index (χ1) is 5.41. The van der Waals surface area contributed by atoms with Crippen LogP contribution in [0.1, 0.15) is 46.0 Å². The Morgan fingerprint density at radius 1 is 1.18 bits per heavy atom. The minimum atomic E-state index is 0.958. The van der Waals surface area contributed by atoms with Gasteiger partial charge < -0.3 is 0 Å². The third kappa shape index (κ3) is 9.30. The summed E-state index contributed by atoms with van der Waals surface area (Å²) in [4.78, 5) is 0. The molecule has 0 spiro atoms. The van der Waals surface area contributed by atoms with Crippen LogP contribution in [0.25, 0.3) is 0 Å². The highest BCUT2D eigenvalue weighted by Gasteiger charge is 1.79. The fourth-order valence-corrected chi connectivity index (χ4v) is 0.815. The number of hydrogen-bond donors (Lipinski definition) is 0. The van der Waals surface area contributed by atoms with Crippen LogP contribution < -0.4 is 0 Å². The van der Waals surface area contributed by atoms with Crippen molar-refractivity contribution in [3.8, 4) is 11.8 Å². The largest absolute Gasteiger partial charge is 0.0988 e. The third-order valence-corrected chi connectivity index (χ3v) is 1.45. The fourth-order valence-electron chi connectivity index (χ4n) is 0.815. The number of unbranched alkanes of at least 4 members (excludes halogenated alkanes) is 3. The highest BCUT2D eigenvalue weighted by Crippen LogP contribution is 1.98. The summed E-state index contributed by atoms with van der Waals surface area (Å²) in [5, 5.41) is 0. The predicted octanol–water partition coefficient (Wildman–Crippen LogP) is 3.54. The van der Waals surface area contributed by atoms with Crippen molar-refractivity contribution in [3.05, 3.63) is 12.2 Å². The first kappa shape index (κ1) is 10.3. The summed E-state index contributed by atoms with van der Waals surface area (Å²) in [6.07, 6.45) is 10.2. The minimum Gasteiger partial charge on any atom is -0.0988 e. The second kappa shape index (κ2) is 9.30. The van der Waals surface area contributed by atoms with Crippen LogP contribution in [0.15, 0.2) is 12.2 Å². The van der Waals surface area contributed by atoms with Gasteiger partial charge in [0.25, 0.3) is 0 Å². The molecular weight excluding hydrogens is 132 g/mol. The molecule has 0 unspecified atom stereocenters. The van der Waals surface area contributed by atoms with Crippen molar-refractivity contribution < 1.29 is 0 Å². The first-order valence-electron chi connectivity index (χ1n) is 4.55. The molecule has 0 bridgehead atoms. The Labute approximate surface area is 70.7 Å². The lowest BCUT2D eigenvalue weighted by atomic mass is 10.2. The lowest BCUT2D eigenvalue weighted by Crippen LogP contribution is -1.69. The average molecular weight is 150 g/mol.